The van der Waals surface area contributed by atoms with E-state index in [1.165, 1.54) is 16.3 Å². The quantitative estimate of drug-likeness (QED) is 0.402. The number of hydrogen-bond acceptors (Lipinski definition) is 1. The molecule has 2 nitrogen and oxygen atoms in total. The fourth-order valence-corrected chi connectivity index (χ4v) is 3.00. The molecule has 120 valence electrons. The Balaban J connectivity index is 1.54. The predicted molar refractivity (Wildman–Crippen MR) is 99.6 cm³/mol. The van der Waals surface area contributed by atoms with Crippen molar-refractivity contribution in [1.82, 2.24) is 0 Å². The molecule has 4 aromatic rings. The molecule has 1 aromatic heterocycles. The van der Waals surface area contributed by atoms with Crippen LogP contribution in [0.5, 0.6) is 0 Å². The second-order valence-corrected chi connectivity index (χ2v) is 6.14. The molecule has 3 aromatic carbocycles. The molecule has 25 heavy (non-hydrogen) atoms. The summed E-state index contributed by atoms with van der Waals surface area (Å²) in [6.45, 7) is 0.782. The topological polar surface area (TPSA) is 20.9 Å². The Hall–Kier alpha value is -3.26. The van der Waals surface area contributed by atoms with Crippen LogP contribution in [0.2, 0.25) is 0 Å². The molecule has 0 spiro atoms. The number of aromatic nitrogens is 1. The molecule has 0 radical (unpaired) electrons. The largest absolute Gasteiger partial charge is 0.289 e. The Morgan fingerprint density at radius 3 is 2.08 bits per heavy atom. The van der Waals surface area contributed by atoms with E-state index in [1.807, 2.05) is 54.6 Å². The first-order valence-corrected chi connectivity index (χ1v) is 8.36. The lowest BCUT2D eigenvalue weighted by Gasteiger charge is -2.03. The van der Waals surface area contributed by atoms with E-state index in [4.69, 9.17) is 0 Å². The molecule has 0 aliphatic carbocycles. The monoisotopic (exact) mass is 324 g/mol. The third-order valence-electron chi connectivity index (χ3n) is 4.36. The summed E-state index contributed by atoms with van der Waals surface area (Å²) in [5, 5.41) is 2.46. The number of benzene rings is 3. The number of pyridine rings is 1. The lowest BCUT2D eigenvalue weighted by molar-refractivity contribution is -0.687. The molecule has 0 bridgehead atoms. The highest BCUT2D eigenvalue weighted by atomic mass is 16.1. The number of hydrogen-bond donors (Lipinski definition) is 0. The van der Waals surface area contributed by atoms with Crippen LogP contribution in [0.3, 0.4) is 0 Å². The average Bonchev–Trinajstić information content (AvgIpc) is 2.69. The third-order valence-corrected chi connectivity index (χ3v) is 4.36. The van der Waals surface area contributed by atoms with Gasteiger partial charge in [-0.1, -0.05) is 72.8 Å². The van der Waals surface area contributed by atoms with Crippen molar-refractivity contribution in [3.8, 4) is 0 Å². The Kier molecular flexibility index (Phi) is 4.09. The molecule has 0 N–H and O–H groups in total. The van der Waals surface area contributed by atoms with Gasteiger partial charge in [0.05, 0.1) is 0 Å². The summed E-state index contributed by atoms with van der Waals surface area (Å²) in [5.74, 6) is 0.0607. The minimum absolute atomic E-state index is 0.0607. The fourth-order valence-electron chi connectivity index (χ4n) is 3.00. The summed E-state index contributed by atoms with van der Waals surface area (Å²) in [6.07, 6.45) is 4.24. The number of fused-ring (bicyclic) bond motifs is 1. The summed E-state index contributed by atoms with van der Waals surface area (Å²) in [6, 6.07) is 27.7. The second-order valence-electron chi connectivity index (χ2n) is 6.14. The summed E-state index contributed by atoms with van der Waals surface area (Å²) in [4.78, 5) is 12.5. The Bertz CT molecular complexity index is 1020. The van der Waals surface area contributed by atoms with Gasteiger partial charge in [-0.2, -0.15) is 0 Å². The van der Waals surface area contributed by atoms with Crippen molar-refractivity contribution in [1.29, 1.82) is 0 Å². The van der Waals surface area contributed by atoms with Gasteiger partial charge in [0.15, 0.2) is 24.7 Å². The van der Waals surface area contributed by atoms with E-state index in [0.717, 1.165) is 17.7 Å². The van der Waals surface area contributed by atoms with Crippen molar-refractivity contribution >= 4 is 16.6 Å². The number of carbonyl (C=O) groups is 1. The van der Waals surface area contributed by atoms with Gasteiger partial charge in [-0.3, -0.25) is 4.79 Å². The molecule has 0 saturated carbocycles. The Labute approximate surface area is 147 Å². The summed E-state index contributed by atoms with van der Waals surface area (Å²) < 4.78 is 2.16. The van der Waals surface area contributed by atoms with Crippen LogP contribution in [0.25, 0.3) is 10.8 Å². The van der Waals surface area contributed by atoms with E-state index in [2.05, 4.69) is 47.3 Å². The van der Waals surface area contributed by atoms with Crippen molar-refractivity contribution in [2.24, 2.45) is 0 Å². The van der Waals surface area contributed by atoms with Crippen LogP contribution < -0.4 is 4.57 Å². The van der Waals surface area contributed by atoms with Gasteiger partial charge in [0, 0.05) is 28.1 Å². The van der Waals surface area contributed by atoms with Gasteiger partial charge in [-0.15, -0.1) is 0 Å². The Morgan fingerprint density at radius 1 is 0.680 bits per heavy atom. The molecule has 0 aliphatic rings. The van der Waals surface area contributed by atoms with E-state index in [-0.39, 0.29) is 5.78 Å². The van der Waals surface area contributed by atoms with Crippen LogP contribution in [0.15, 0.2) is 97.3 Å². The minimum Gasteiger partial charge on any atom is -0.289 e. The fraction of sp³-hybridized carbons (Fsp3) is 0.0435. The molecule has 0 unspecified atom stereocenters. The first-order chi connectivity index (χ1) is 12.3. The van der Waals surface area contributed by atoms with Gasteiger partial charge >= 0.3 is 0 Å². The highest BCUT2D eigenvalue weighted by Gasteiger charge is 2.09. The summed E-state index contributed by atoms with van der Waals surface area (Å²) in [5.41, 5.74) is 2.61. The van der Waals surface area contributed by atoms with Crippen LogP contribution in [0.1, 0.15) is 21.5 Å². The minimum atomic E-state index is 0.0607. The van der Waals surface area contributed by atoms with E-state index < -0.39 is 0 Å². The van der Waals surface area contributed by atoms with Crippen molar-refractivity contribution in [2.75, 3.05) is 0 Å². The van der Waals surface area contributed by atoms with Crippen molar-refractivity contribution in [3.05, 3.63) is 114 Å². The maximum atomic E-state index is 12.5. The standard InChI is InChI=1S/C23H18NO/c25-23(20-7-2-1-3-8-20)21-12-10-18(11-13-21)16-24-15-14-19-6-4-5-9-22(19)17-24/h1-15,17H,16H2/q+1. The van der Waals surface area contributed by atoms with Crippen LogP contribution in [-0.2, 0) is 6.54 Å². The van der Waals surface area contributed by atoms with Crippen molar-refractivity contribution in [3.63, 3.8) is 0 Å². The molecule has 0 aliphatic heterocycles. The lowest BCUT2D eigenvalue weighted by Crippen LogP contribution is -2.33. The third kappa shape index (κ3) is 3.33. The zero-order valence-corrected chi connectivity index (χ0v) is 13.8. The number of ketones is 1. The molecule has 0 saturated heterocycles. The molecule has 0 fully saturated rings. The average molecular weight is 324 g/mol. The van der Waals surface area contributed by atoms with Gasteiger partial charge in [0.1, 0.15) is 0 Å². The van der Waals surface area contributed by atoms with Crippen LogP contribution in [0, 0.1) is 0 Å². The van der Waals surface area contributed by atoms with E-state index in [9.17, 15) is 4.79 Å². The van der Waals surface area contributed by atoms with Crippen LogP contribution >= 0.6 is 0 Å². The molecular weight excluding hydrogens is 306 g/mol. The Morgan fingerprint density at radius 2 is 1.32 bits per heavy atom. The number of rotatable bonds is 4. The highest BCUT2D eigenvalue weighted by molar-refractivity contribution is 6.08. The molecule has 1 heterocycles. The molecule has 2 heteroatoms. The smallest absolute Gasteiger partial charge is 0.193 e. The predicted octanol–water partition coefficient (Wildman–Crippen LogP) is 4.41. The maximum absolute atomic E-state index is 12.5. The SMILES string of the molecule is O=C(c1ccccc1)c1ccc(C[n+]2ccc3ccccc3c2)cc1. The maximum Gasteiger partial charge on any atom is 0.193 e. The van der Waals surface area contributed by atoms with Gasteiger partial charge in [-0.05, 0) is 11.5 Å². The van der Waals surface area contributed by atoms with Gasteiger partial charge < -0.3 is 0 Å². The van der Waals surface area contributed by atoms with Gasteiger partial charge in [0.25, 0.3) is 0 Å². The van der Waals surface area contributed by atoms with Crippen molar-refractivity contribution in [2.45, 2.75) is 6.54 Å². The van der Waals surface area contributed by atoms with Gasteiger partial charge in [-0.25, -0.2) is 4.57 Å². The number of nitrogens with zero attached hydrogens (tertiary/aromatic N) is 1. The molecule has 4 rings (SSSR count). The normalized spacial score (nSPS) is 10.7. The zero-order valence-electron chi connectivity index (χ0n) is 13.8. The molecule has 0 amide bonds. The lowest BCUT2D eigenvalue weighted by atomic mass is 10.0. The van der Waals surface area contributed by atoms with Crippen LogP contribution in [0.4, 0.5) is 0 Å². The first-order valence-electron chi connectivity index (χ1n) is 8.36. The first kappa shape index (κ1) is 15.3. The highest BCUT2D eigenvalue weighted by Crippen LogP contribution is 2.12. The number of carbonyl (C=O) groups excluding carboxylic acids is 1. The summed E-state index contributed by atoms with van der Waals surface area (Å²) in [7, 11) is 0. The van der Waals surface area contributed by atoms with Gasteiger partial charge in [0.2, 0.25) is 0 Å². The molecule has 0 atom stereocenters. The molecular formula is C23H18NO+. The van der Waals surface area contributed by atoms with E-state index in [0.29, 0.717) is 0 Å². The van der Waals surface area contributed by atoms with E-state index in [1.54, 1.807) is 0 Å². The van der Waals surface area contributed by atoms with Crippen molar-refractivity contribution < 1.29 is 9.36 Å². The zero-order chi connectivity index (χ0) is 17.1. The van der Waals surface area contributed by atoms with Crippen LogP contribution in [-0.4, -0.2) is 5.78 Å². The second kappa shape index (κ2) is 6.70. The van der Waals surface area contributed by atoms with E-state index >= 15 is 0 Å². The summed E-state index contributed by atoms with van der Waals surface area (Å²) >= 11 is 0.